The number of aromatic amines is 1. The highest BCUT2D eigenvalue weighted by molar-refractivity contribution is 7.71. The van der Waals surface area contributed by atoms with Gasteiger partial charge in [0.05, 0.1) is 25.1 Å². The molecule has 0 spiro atoms. The molecule has 9 nitrogen and oxygen atoms in total. The molecule has 4 aromatic rings. The lowest BCUT2D eigenvalue weighted by atomic mass is 10.1. The number of carbonyl (C=O) groups is 1. The van der Waals surface area contributed by atoms with Crippen molar-refractivity contribution < 1.29 is 23.7 Å². The topological polar surface area (TPSA) is 104 Å². The van der Waals surface area contributed by atoms with E-state index in [0.717, 1.165) is 11.1 Å². The van der Waals surface area contributed by atoms with Gasteiger partial charge in [-0.25, -0.2) is 0 Å². The second kappa shape index (κ2) is 10.4. The number of aromatic nitrogens is 2. The molecule has 0 aliphatic carbocycles. The minimum atomic E-state index is -0.267. The first-order valence-corrected chi connectivity index (χ1v) is 12.0. The van der Waals surface area contributed by atoms with Gasteiger partial charge in [-0.3, -0.25) is 14.2 Å². The number of ether oxygens (including phenoxy) is 4. The maximum absolute atomic E-state index is 13.2. The number of H-pyrrole nitrogens is 1. The summed E-state index contributed by atoms with van der Waals surface area (Å²) in [6.45, 7) is 0.903. The van der Waals surface area contributed by atoms with E-state index in [4.69, 9.17) is 31.2 Å². The normalized spacial score (nSPS) is 11.9. The third-order valence-corrected chi connectivity index (χ3v) is 6.53. The van der Waals surface area contributed by atoms with Crippen LogP contribution in [-0.4, -0.2) is 36.5 Å². The summed E-state index contributed by atoms with van der Waals surface area (Å²) >= 11 is 5.47. The molecule has 0 saturated carbocycles. The standard InChI is InChI=1S/C27H25N3O6S/c1-33-21-7-3-16(11-23(21)34-2)9-10-30-26(32)19-6-5-18(13-20(19)29-27(30)37)25(31)28-14-17-4-8-22-24(12-17)36-15-35-22/h3-8,11-13H,9-10,14-15H2,1-2H3,(H,28,31)(H,29,37). The van der Waals surface area contributed by atoms with E-state index in [-0.39, 0.29) is 23.0 Å². The molecule has 5 rings (SSSR count). The molecular weight excluding hydrogens is 494 g/mol. The number of rotatable bonds is 8. The number of amides is 1. The summed E-state index contributed by atoms with van der Waals surface area (Å²) in [6, 6.07) is 16.1. The SMILES string of the molecule is COc1ccc(CCn2c(=S)[nH]c3cc(C(=O)NCc4ccc5c(c4)OCO5)ccc3c2=O)cc1OC. The Bertz CT molecular complexity index is 1610. The highest BCUT2D eigenvalue weighted by atomic mass is 32.1. The zero-order valence-corrected chi connectivity index (χ0v) is 21.1. The lowest BCUT2D eigenvalue weighted by molar-refractivity contribution is 0.0951. The molecule has 0 bridgehead atoms. The Hall–Kier alpha value is -4.31. The van der Waals surface area contributed by atoms with E-state index in [1.807, 2.05) is 36.4 Å². The highest BCUT2D eigenvalue weighted by Gasteiger charge is 2.15. The van der Waals surface area contributed by atoms with Gasteiger partial charge < -0.3 is 29.2 Å². The van der Waals surface area contributed by atoms with Crippen molar-refractivity contribution in [2.75, 3.05) is 21.0 Å². The molecule has 2 N–H and O–H groups in total. The molecule has 1 aromatic heterocycles. The van der Waals surface area contributed by atoms with Gasteiger partial charge in [-0.2, -0.15) is 0 Å². The van der Waals surface area contributed by atoms with Crippen molar-refractivity contribution in [2.24, 2.45) is 0 Å². The number of hydrogen-bond acceptors (Lipinski definition) is 7. The molecule has 10 heteroatoms. The first kappa shape index (κ1) is 24.4. The number of aryl methyl sites for hydroxylation is 1. The Morgan fingerprint density at radius 3 is 2.59 bits per heavy atom. The van der Waals surface area contributed by atoms with E-state index in [0.29, 0.717) is 59.0 Å². The van der Waals surface area contributed by atoms with Crippen molar-refractivity contribution in [1.29, 1.82) is 0 Å². The van der Waals surface area contributed by atoms with Crippen LogP contribution in [0.1, 0.15) is 21.5 Å². The summed E-state index contributed by atoms with van der Waals surface area (Å²) in [5.41, 5.74) is 2.57. The van der Waals surface area contributed by atoms with Gasteiger partial charge in [-0.1, -0.05) is 12.1 Å². The first-order valence-electron chi connectivity index (χ1n) is 11.6. The summed E-state index contributed by atoms with van der Waals surface area (Å²) in [7, 11) is 3.16. The van der Waals surface area contributed by atoms with Crippen molar-refractivity contribution >= 4 is 29.0 Å². The predicted molar refractivity (Wildman–Crippen MR) is 140 cm³/mol. The third-order valence-electron chi connectivity index (χ3n) is 6.21. The number of carbonyl (C=O) groups excluding carboxylic acids is 1. The van der Waals surface area contributed by atoms with Gasteiger partial charge in [-0.05, 0) is 72.2 Å². The van der Waals surface area contributed by atoms with Crippen LogP contribution in [0.5, 0.6) is 23.0 Å². The Kier molecular flexibility index (Phi) is 6.82. The summed E-state index contributed by atoms with van der Waals surface area (Å²) in [6.07, 6.45) is 0.573. The average molecular weight is 520 g/mol. The van der Waals surface area contributed by atoms with Crippen LogP contribution < -0.4 is 29.8 Å². The number of fused-ring (bicyclic) bond motifs is 2. The minimum absolute atomic E-state index is 0.196. The van der Waals surface area contributed by atoms with Crippen LogP contribution in [0, 0.1) is 4.77 Å². The zero-order valence-electron chi connectivity index (χ0n) is 20.3. The Labute approximate surface area is 217 Å². The van der Waals surface area contributed by atoms with Crippen LogP contribution in [0.4, 0.5) is 0 Å². The van der Waals surface area contributed by atoms with Gasteiger partial charge in [0.1, 0.15) is 0 Å². The summed E-state index contributed by atoms with van der Waals surface area (Å²) in [5, 5.41) is 3.34. The van der Waals surface area contributed by atoms with Crippen LogP contribution in [0.25, 0.3) is 10.9 Å². The van der Waals surface area contributed by atoms with Gasteiger partial charge >= 0.3 is 0 Å². The van der Waals surface area contributed by atoms with Gasteiger partial charge in [0.15, 0.2) is 27.8 Å². The molecule has 0 radical (unpaired) electrons. The van der Waals surface area contributed by atoms with E-state index in [2.05, 4.69) is 10.3 Å². The number of nitrogens with zero attached hydrogens (tertiary/aromatic N) is 1. The summed E-state index contributed by atoms with van der Waals surface area (Å²) in [4.78, 5) is 29.1. The molecule has 0 fully saturated rings. The lowest BCUT2D eigenvalue weighted by Crippen LogP contribution is -2.25. The van der Waals surface area contributed by atoms with Gasteiger partial charge in [0.2, 0.25) is 6.79 Å². The molecule has 37 heavy (non-hydrogen) atoms. The van der Waals surface area contributed by atoms with Crippen LogP contribution in [0.15, 0.2) is 59.4 Å². The van der Waals surface area contributed by atoms with E-state index in [1.54, 1.807) is 32.4 Å². The molecule has 0 saturated heterocycles. The fourth-order valence-corrected chi connectivity index (χ4v) is 4.50. The predicted octanol–water partition coefficient (Wildman–Crippen LogP) is 3.98. The molecule has 1 amide bonds. The molecule has 3 aromatic carbocycles. The summed E-state index contributed by atoms with van der Waals surface area (Å²) in [5.74, 6) is 2.35. The molecule has 1 aliphatic rings. The Balaban J connectivity index is 1.31. The number of nitrogens with one attached hydrogen (secondary N) is 2. The largest absolute Gasteiger partial charge is 0.493 e. The van der Waals surface area contributed by atoms with Crippen LogP contribution in [-0.2, 0) is 19.5 Å². The van der Waals surface area contributed by atoms with Gasteiger partial charge in [0.25, 0.3) is 11.5 Å². The van der Waals surface area contributed by atoms with Crippen molar-refractivity contribution in [2.45, 2.75) is 19.5 Å². The maximum atomic E-state index is 13.2. The minimum Gasteiger partial charge on any atom is -0.493 e. The fraction of sp³-hybridized carbons (Fsp3) is 0.222. The van der Waals surface area contributed by atoms with Crippen LogP contribution in [0.3, 0.4) is 0 Å². The molecule has 0 atom stereocenters. The quantitative estimate of drug-likeness (QED) is 0.340. The van der Waals surface area contributed by atoms with E-state index < -0.39 is 0 Å². The molecule has 0 unspecified atom stereocenters. The Morgan fingerprint density at radius 1 is 1.00 bits per heavy atom. The monoisotopic (exact) mass is 519 g/mol. The Morgan fingerprint density at radius 2 is 1.78 bits per heavy atom. The smallest absolute Gasteiger partial charge is 0.262 e. The van der Waals surface area contributed by atoms with Crippen LogP contribution in [0.2, 0.25) is 0 Å². The molecule has 1 aliphatic heterocycles. The van der Waals surface area contributed by atoms with Gasteiger partial charge in [0, 0.05) is 18.7 Å². The number of benzene rings is 3. The van der Waals surface area contributed by atoms with E-state index in [9.17, 15) is 9.59 Å². The molecule has 190 valence electrons. The van der Waals surface area contributed by atoms with Crippen LogP contribution >= 0.6 is 12.2 Å². The number of methoxy groups -OCH3 is 2. The highest BCUT2D eigenvalue weighted by Crippen LogP contribution is 2.32. The van der Waals surface area contributed by atoms with Crippen molar-refractivity contribution in [3.63, 3.8) is 0 Å². The van der Waals surface area contributed by atoms with E-state index in [1.165, 1.54) is 4.57 Å². The van der Waals surface area contributed by atoms with E-state index >= 15 is 0 Å². The number of hydrogen-bond donors (Lipinski definition) is 2. The average Bonchev–Trinajstić information content (AvgIpc) is 3.39. The molecule has 2 heterocycles. The molecular formula is C27H25N3O6S. The summed E-state index contributed by atoms with van der Waals surface area (Å²) < 4.78 is 23.1. The third kappa shape index (κ3) is 5.01. The second-order valence-corrected chi connectivity index (χ2v) is 8.84. The fourth-order valence-electron chi connectivity index (χ4n) is 4.21. The maximum Gasteiger partial charge on any atom is 0.262 e. The van der Waals surface area contributed by atoms with Gasteiger partial charge in [-0.15, -0.1) is 0 Å². The van der Waals surface area contributed by atoms with Crippen molar-refractivity contribution in [3.8, 4) is 23.0 Å². The zero-order chi connectivity index (χ0) is 25.9. The second-order valence-electron chi connectivity index (χ2n) is 8.46. The lowest BCUT2D eigenvalue weighted by Gasteiger charge is -2.12. The van der Waals surface area contributed by atoms with Crippen molar-refractivity contribution in [3.05, 3.63) is 86.4 Å². The van der Waals surface area contributed by atoms with Crippen molar-refractivity contribution in [1.82, 2.24) is 14.9 Å². The first-order chi connectivity index (χ1) is 18.0.